The molecule has 5 nitrogen and oxygen atoms in total. The lowest BCUT2D eigenvalue weighted by Gasteiger charge is -2.26. The molecule has 2 aliphatic heterocycles. The minimum atomic E-state index is -0.168. The number of benzene rings is 1. The van der Waals surface area contributed by atoms with Crippen molar-refractivity contribution in [3.63, 3.8) is 0 Å². The number of nitrogens with zero attached hydrogens (tertiary/aromatic N) is 2. The molecule has 5 heteroatoms. The molecule has 1 aromatic rings. The summed E-state index contributed by atoms with van der Waals surface area (Å²) in [5.41, 5.74) is 1.22. The summed E-state index contributed by atoms with van der Waals surface area (Å²) in [6.45, 7) is 8.37. The van der Waals surface area contributed by atoms with Gasteiger partial charge in [-0.05, 0) is 31.9 Å². The number of β-amino-alcohol motifs (C(OH)–C–C–N with tert-alkyl or cyclic N) is 1. The molecule has 0 aromatic heterocycles. The van der Waals surface area contributed by atoms with Gasteiger partial charge in [-0.3, -0.25) is 9.80 Å². The fraction of sp³-hybridized carbons (Fsp3) is 0.684. The second kappa shape index (κ2) is 9.37. The number of rotatable bonds is 8. The first-order chi connectivity index (χ1) is 11.8. The van der Waals surface area contributed by atoms with Crippen molar-refractivity contribution in [2.75, 3.05) is 52.5 Å². The standard InChI is InChI=1S/C19H30N2O3/c22-18-7-9-21(16-18)15-17-5-1-2-6-19(17)24-12-4-3-8-20-10-13-23-14-11-20/h1-2,5-6,18,22H,3-4,7-16H2/t18-/m1/s1. The van der Waals surface area contributed by atoms with Gasteiger partial charge in [0, 0.05) is 38.3 Å². The van der Waals surface area contributed by atoms with Crippen LogP contribution < -0.4 is 4.74 Å². The van der Waals surface area contributed by atoms with Crippen LogP contribution in [0.3, 0.4) is 0 Å². The molecule has 1 aromatic carbocycles. The molecular formula is C19H30N2O3. The molecule has 2 aliphatic rings. The van der Waals surface area contributed by atoms with Gasteiger partial charge in [0.2, 0.25) is 0 Å². The van der Waals surface area contributed by atoms with E-state index in [0.29, 0.717) is 0 Å². The van der Waals surface area contributed by atoms with E-state index in [4.69, 9.17) is 9.47 Å². The van der Waals surface area contributed by atoms with Crippen molar-refractivity contribution in [1.29, 1.82) is 0 Å². The average Bonchev–Trinajstić information content (AvgIpc) is 3.02. The Morgan fingerprint density at radius 3 is 2.71 bits per heavy atom. The van der Waals surface area contributed by atoms with Gasteiger partial charge >= 0.3 is 0 Å². The topological polar surface area (TPSA) is 45.2 Å². The van der Waals surface area contributed by atoms with E-state index in [0.717, 1.165) is 77.7 Å². The summed E-state index contributed by atoms with van der Waals surface area (Å²) in [6, 6.07) is 8.29. The predicted octanol–water partition coefficient (Wildman–Crippen LogP) is 1.74. The Balaban J connectivity index is 1.38. The zero-order valence-corrected chi connectivity index (χ0v) is 14.5. The molecule has 0 saturated carbocycles. The predicted molar refractivity (Wildman–Crippen MR) is 94.3 cm³/mol. The maximum absolute atomic E-state index is 9.67. The van der Waals surface area contributed by atoms with Gasteiger partial charge in [0.05, 0.1) is 25.9 Å². The number of aliphatic hydroxyl groups is 1. The van der Waals surface area contributed by atoms with E-state index in [1.165, 1.54) is 12.0 Å². The highest BCUT2D eigenvalue weighted by Gasteiger charge is 2.21. The van der Waals surface area contributed by atoms with Crippen molar-refractivity contribution in [2.24, 2.45) is 0 Å². The first kappa shape index (κ1) is 17.7. The third kappa shape index (κ3) is 5.45. The van der Waals surface area contributed by atoms with Crippen molar-refractivity contribution in [3.8, 4) is 5.75 Å². The van der Waals surface area contributed by atoms with Gasteiger partial charge in [0.1, 0.15) is 5.75 Å². The Morgan fingerprint density at radius 1 is 1.08 bits per heavy atom. The normalized spacial score (nSPS) is 22.8. The van der Waals surface area contributed by atoms with Gasteiger partial charge in [-0.25, -0.2) is 0 Å². The first-order valence-corrected chi connectivity index (χ1v) is 9.22. The van der Waals surface area contributed by atoms with Crippen LogP contribution in [-0.2, 0) is 11.3 Å². The third-order valence-corrected chi connectivity index (χ3v) is 4.84. The molecule has 0 radical (unpaired) electrons. The molecule has 1 N–H and O–H groups in total. The number of hydrogen-bond donors (Lipinski definition) is 1. The Hall–Kier alpha value is -1.14. The van der Waals surface area contributed by atoms with Crippen LogP contribution in [-0.4, -0.2) is 73.6 Å². The van der Waals surface area contributed by atoms with Crippen LogP contribution in [0.15, 0.2) is 24.3 Å². The van der Waals surface area contributed by atoms with Crippen molar-refractivity contribution < 1.29 is 14.6 Å². The van der Waals surface area contributed by atoms with Gasteiger partial charge in [-0.15, -0.1) is 0 Å². The first-order valence-electron chi connectivity index (χ1n) is 9.22. The van der Waals surface area contributed by atoms with E-state index in [1.54, 1.807) is 0 Å². The Morgan fingerprint density at radius 2 is 1.92 bits per heavy atom. The second-order valence-electron chi connectivity index (χ2n) is 6.79. The molecule has 24 heavy (non-hydrogen) atoms. The van der Waals surface area contributed by atoms with Crippen molar-refractivity contribution in [3.05, 3.63) is 29.8 Å². The lowest BCUT2D eigenvalue weighted by Crippen LogP contribution is -2.36. The van der Waals surface area contributed by atoms with E-state index < -0.39 is 0 Å². The molecule has 0 unspecified atom stereocenters. The van der Waals surface area contributed by atoms with E-state index in [1.807, 2.05) is 6.07 Å². The average molecular weight is 334 g/mol. The maximum Gasteiger partial charge on any atom is 0.123 e. The summed E-state index contributed by atoms with van der Waals surface area (Å²) >= 11 is 0. The zero-order valence-electron chi connectivity index (χ0n) is 14.5. The van der Waals surface area contributed by atoms with Gasteiger partial charge in [-0.2, -0.15) is 0 Å². The highest BCUT2D eigenvalue weighted by Crippen LogP contribution is 2.22. The van der Waals surface area contributed by atoms with E-state index >= 15 is 0 Å². The Labute approximate surface area is 145 Å². The molecule has 2 fully saturated rings. The van der Waals surface area contributed by atoms with Crippen molar-refractivity contribution in [1.82, 2.24) is 9.80 Å². The van der Waals surface area contributed by atoms with Crippen LogP contribution in [0.5, 0.6) is 5.75 Å². The fourth-order valence-electron chi connectivity index (χ4n) is 3.42. The Kier molecular flexibility index (Phi) is 6.90. The summed E-state index contributed by atoms with van der Waals surface area (Å²) in [7, 11) is 0. The molecule has 0 aliphatic carbocycles. The maximum atomic E-state index is 9.67. The quantitative estimate of drug-likeness (QED) is 0.734. The Bertz CT molecular complexity index is 491. The third-order valence-electron chi connectivity index (χ3n) is 4.84. The van der Waals surface area contributed by atoms with E-state index in [-0.39, 0.29) is 6.10 Å². The van der Waals surface area contributed by atoms with Crippen LogP contribution in [0.2, 0.25) is 0 Å². The van der Waals surface area contributed by atoms with E-state index in [9.17, 15) is 5.11 Å². The second-order valence-corrected chi connectivity index (χ2v) is 6.79. The molecule has 3 rings (SSSR count). The summed E-state index contributed by atoms with van der Waals surface area (Å²) in [6.07, 6.45) is 2.96. The SMILES string of the molecule is O[C@@H]1CCN(Cc2ccccc2OCCCCN2CCOCC2)C1. The molecule has 0 bridgehead atoms. The van der Waals surface area contributed by atoms with Crippen LogP contribution >= 0.6 is 0 Å². The summed E-state index contributed by atoms with van der Waals surface area (Å²) in [5.74, 6) is 0.991. The van der Waals surface area contributed by atoms with Crippen molar-refractivity contribution >= 4 is 0 Å². The summed E-state index contributed by atoms with van der Waals surface area (Å²) in [5, 5.41) is 9.67. The minimum absolute atomic E-state index is 0.168. The number of aliphatic hydroxyl groups excluding tert-OH is 1. The van der Waals surface area contributed by atoms with Crippen LogP contribution in [0.4, 0.5) is 0 Å². The lowest BCUT2D eigenvalue weighted by molar-refractivity contribution is 0.0368. The zero-order chi connectivity index (χ0) is 16.6. The van der Waals surface area contributed by atoms with Crippen LogP contribution in [0, 0.1) is 0 Å². The minimum Gasteiger partial charge on any atom is -0.493 e. The number of hydrogen-bond acceptors (Lipinski definition) is 5. The highest BCUT2D eigenvalue weighted by atomic mass is 16.5. The highest BCUT2D eigenvalue weighted by molar-refractivity contribution is 5.33. The molecule has 1 atom stereocenters. The summed E-state index contributed by atoms with van der Waals surface area (Å²) in [4.78, 5) is 4.77. The van der Waals surface area contributed by atoms with Crippen LogP contribution in [0.25, 0.3) is 0 Å². The van der Waals surface area contributed by atoms with Gasteiger partial charge in [-0.1, -0.05) is 18.2 Å². The molecule has 0 spiro atoms. The molecule has 2 heterocycles. The molecule has 2 saturated heterocycles. The van der Waals surface area contributed by atoms with E-state index in [2.05, 4.69) is 28.0 Å². The fourth-order valence-corrected chi connectivity index (χ4v) is 3.42. The van der Waals surface area contributed by atoms with Crippen LogP contribution in [0.1, 0.15) is 24.8 Å². The monoisotopic (exact) mass is 334 g/mol. The number of likely N-dealkylation sites (tertiary alicyclic amines) is 1. The molecule has 134 valence electrons. The molecule has 0 amide bonds. The number of para-hydroxylation sites is 1. The van der Waals surface area contributed by atoms with Gasteiger partial charge in [0.25, 0.3) is 0 Å². The van der Waals surface area contributed by atoms with Gasteiger partial charge < -0.3 is 14.6 Å². The smallest absolute Gasteiger partial charge is 0.123 e. The number of ether oxygens (including phenoxy) is 2. The lowest BCUT2D eigenvalue weighted by atomic mass is 10.2. The number of morpholine rings is 1. The van der Waals surface area contributed by atoms with Gasteiger partial charge in [0.15, 0.2) is 0 Å². The summed E-state index contributed by atoms with van der Waals surface area (Å²) < 4.78 is 11.4. The van der Waals surface area contributed by atoms with Crippen molar-refractivity contribution in [2.45, 2.75) is 31.9 Å². The largest absolute Gasteiger partial charge is 0.493 e. The number of unbranched alkanes of at least 4 members (excludes halogenated alkanes) is 1. The molecular weight excluding hydrogens is 304 g/mol.